The number of aromatic carboxylic acids is 1. The summed E-state index contributed by atoms with van der Waals surface area (Å²) in [5, 5.41) is 15.0. The molecule has 1 fully saturated rings. The second-order valence-corrected chi connectivity index (χ2v) is 5.75. The first-order valence-electron chi connectivity index (χ1n) is 6.67. The highest BCUT2D eigenvalue weighted by atomic mass is 79.9. The summed E-state index contributed by atoms with van der Waals surface area (Å²) in [5.74, 6) is -1.49. The molecule has 1 aromatic rings. The summed E-state index contributed by atoms with van der Waals surface area (Å²) in [6.07, 6.45) is 0. The molecule has 1 amide bonds. The number of hydrogen-bond donors (Lipinski definition) is 3. The summed E-state index contributed by atoms with van der Waals surface area (Å²) in [5.41, 5.74) is 0.569. The molecular weight excluding hydrogens is 340 g/mol. The Morgan fingerprint density at radius 3 is 2.81 bits per heavy atom. The van der Waals surface area contributed by atoms with Gasteiger partial charge in [0, 0.05) is 16.2 Å². The second-order valence-electron chi connectivity index (χ2n) is 4.83. The molecule has 0 aromatic heterocycles. The van der Waals surface area contributed by atoms with Crippen LogP contribution < -0.4 is 10.6 Å². The van der Waals surface area contributed by atoms with Gasteiger partial charge in [-0.15, -0.1) is 0 Å². The van der Waals surface area contributed by atoms with E-state index in [-0.39, 0.29) is 23.4 Å². The third kappa shape index (κ3) is 4.03. The minimum absolute atomic E-state index is 0.0129. The van der Waals surface area contributed by atoms with Crippen LogP contribution in [0.5, 0.6) is 0 Å². The van der Waals surface area contributed by atoms with Gasteiger partial charge in [-0.2, -0.15) is 0 Å². The number of carboxylic acid groups (broad SMARTS) is 1. The van der Waals surface area contributed by atoms with Crippen LogP contribution in [-0.2, 0) is 9.53 Å². The van der Waals surface area contributed by atoms with Gasteiger partial charge in [-0.3, -0.25) is 4.79 Å². The molecule has 7 heteroatoms. The number of anilines is 1. The van der Waals surface area contributed by atoms with E-state index in [0.717, 1.165) is 6.54 Å². The van der Waals surface area contributed by atoms with Gasteiger partial charge in [0.1, 0.15) is 0 Å². The smallest absolute Gasteiger partial charge is 0.335 e. The molecule has 114 valence electrons. The highest BCUT2D eigenvalue weighted by Gasteiger charge is 2.33. The third-order valence-electron chi connectivity index (χ3n) is 3.30. The quantitative estimate of drug-likeness (QED) is 0.747. The summed E-state index contributed by atoms with van der Waals surface area (Å²) < 4.78 is 5.94. The predicted octanol–water partition coefficient (Wildman–Crippen LogP) is 1.71. The van der Waals surface area contributed by atoms with Gasteiger partial charge >= 0.3 is 5.97 Å². The molecule has 0 aliphatic carbocycles. The van der Waals surface area contributed by atoms with Gasteiger partial charge in [0.15, 0.2) is 0 Å². The SMILES string of the molecule is CCNC1COCC1C(=O)Nc1cc(Br)cc(C(=O)O)c1. The van der Waals surface area contributed by atoms with Gasteiger partial charge in [-0.05, 0) is 24.7 Å². The van der Waals surface area contributed by atoms with E-state index in [2.05, 4.69) is 26.6 Å². The van der Waals surface area contributed by atoms with E-state index in [1.165, 1.54) is 12.1 Å². The number of carbonyl (C=O) groups excluding carboxylic acids is 1. The van der Waals surface area contributed by atoms with E-state index in [4.69, 9.17) is 9.84 Å². The molecule has 21 heavy (non-hydrogen) atoms. The van der Waals surface area contributed by atoms with Crippen molar-refractivity contribution in [1.82, 2.24) is 5.32 Å². The summed E-state index contributed by atoms with van der Waals surface area (Å²) in [6.45, 7) is 3.60. The number of benzene rings is 1. The first kappa shape index (κ1) is 15.9. The fraction of sp³-hybridized carbons (Fsp3) is 0.429. The Morgan fingerprint density at radius 1 is 1.38 bits per heavy atom. The van der Waals surface area contributed by atoms with Crippen LogP contribution in [0.25, 0.3) is 0 Å². The molecule has 2 rings (SSSR count). The minimum Gasteiger partial charge on any atom is -0.478 e. The molecular formula is C14H17BrN2O4. The van der Waals surface area contributed by atoms with Crippen molar-refractivity contribution in [2.24, 2.45) is 5.92 Å². The number of hydrogen-bond acceptors (Lipinski definition) is 4. The average molecular weight is 357 g/mol. The number of carboxylic acids is 1. The molecule has 0 saturated carbocycles. The number of ether oxygens (including phenoxy) is 1. The summed E-state index contributed by atoms with van der Waals surface area (Å²) in [7, 11) is 0. The van der Waals surface area contributed by atoms with Gasteiger partial charge in [0.25, 0.3) is 0 Å². The average Bonchev–Trinajstić information content (AvgIpc) is 2.86. The molecule has 0 radical (unpaired) electrons. The van der Waals surface area contributed by atoms with Crippen LogP contribution in [-0.4, -0.2) is 42.8 Å². The Kier molecular flexibility index (Phi) is 5.33. The monoisotopic (exact) mass is 356 g/mol. The highest BCUT2D eigenvalue weighted by Crippen LogP contribution is 2.22. The first-order chi connectivity index (χ1) is 10.0. The lowest BCUT2D eigenvalue weighted by Crippen LogP contribution is -2.41. The van der Waals surface area contributed by atoms with Crippen molar-refractivity contribution < 1.29 is 19.4 Å². The lowest BCUT2D eigenvalue weighted by Gasteiger charge is -2.18. The van der Waals surface area contributed by atoms with Crippen LogP contribution in [0.3, 0.4) is 0 Å². The topological polar surface area (TPSA) is 87.7 Å². The van der Waals surface area contributed by atoms with Gasteiger partial charge in [-0.1, -0.05) is 22.9 Å². The van der Waals surface area contributed by atoms with Crippen LogP contribution in [0.2, 0.25) is 0 Å². The van der Waals surface area contributed by atoms with Crippen molar-refractivity contribution in [3.05, 3.63) is 28.2 Å². The van der Waals surface area contributed by atoms with Crippen molar-refractivity contribution in [2.45, 2.75) is 13.0 Å². The van der Waals surface area contributed by atoms with Crippen molar-refractivity contribution >= 4 is 33.5 Å². The van der Waals surface area contributed by atoms with Gasteiger partial charge in [-0.25, -0.2) is 4.79 Å². The molecule has 1 aliphatic rings. The van der Waals surface area contributed by atoms with Gasteiger partial charge in [0.05, 0.1) is 24.7 Å². The number of halogens is 1. The third-order valence-corrected chi connectivity index (χ3v) is 3.75. The van der Waals surface area contributed by atoms with Crippen molar-refractivity contribution in [2.75, 3.05) is 25.1 Å². The van der Waals surface area contributed by atoms with E-state index in [0.29, 0.717) is 23.4 Å². The van der Waals surface area contributed by atoms with Crippen LogP contribution >= 0.6 is 15.9 Å². The van der Waals surface area contributed by atoms with Gasteiger partial charge < -0.3 is 20.5 Å². The van der Waals surface area contributed by atoms with Crippen LogP contribution in [0.15, 0.2) is 22.7 Å². The fourth-order valence-corrected chi connectivity index (χ4v) is 2.79. The number of rotatable bonds is 5. The molecule has 0 bridgehead atoms. The maximum Gasteiger partial charge on any atom is 0.335 e. The highest BCUT2D eigenvalue weighted by molar-refractivity contribution is 9.10. The molecule has 6 nitrogen and oxygen atoms in total. The van der Waals surface area contributed by atoms with E-state index in [1.54, 1.807) is 6.07 Å². The Balaban J connectivity index is 2.10. The van der Waals surface area contributed by atoms with Crippen molar-refractivity contribution in [3.63, 3.8) is 0 Å². The zero-order valence-corrected chi connectivity index (χ0v) is 13.1. The van der Waals surface area contributed by atoms with Crippen LogP contribution in [0.4, 0.5) is 5.69 Å². The van der Waals surface area contributed by atoms with Crippen LogP contribution in [0.1, 0.15) is 17.3 Å². The normalized spacial score (nSPS) is 21.2. The zero-order chi connectivity index (χ0) is 15.4. The molecule has 1 aromatic carbocycles. The van der Waals surface area contributed by atoms with Crippen LogP contribution in [0, 0.1) is 5.92 Å². The standard InChI is InChI=1S/C14H17BrN2O4/c1-2-16-12-7-21-6-11(12)13(18)17-10-4-8(14(19)20)3-9(15)5-10/h3-5,11-12,16H,2,6-7H2,1H3,(H,17,18)(H,19,20). The van der Waals surface area contributed by atoms with Crippen molar-refractivity contribution in [1.29, 1.82) is 0 Å². The largest absolute Gasteiger partial charge is 0.478 e. The fourth-order valence-electron chi connectivity index (χ4n) is 2.30. The molecule has 3 N–H and O–H groups in total. The number of likely N-dealkylation sites (N-methyl/N-ethyl adjacent to an activating group) is 1. The minimum atomic E-state index is -1.04. The van der Waals surface area contributed by atoms with E-state index in [9.17, 15) is 9.59 Å². The zero-order valence-electron chi connectivity index (χ0n) is 11.6. The lowest BCUT2D eigenvalue weighted by atomic mass is 10.0. The Hall–Kier alpha value is -1.44. The number of nitrogens with one attached hydrogen (secondary N) is 2. The molecule has 2 unspecified atom stereocenters. The molecule has 1 heterocycles. The first-order valence-corrected chi connectivity index (χ1v) is 7.46. The van der Waals surface area contributed by atoms with Crippen molar-refractivity contribution in [3.8, 4) is 0 Å². The summed E-state index contributed by atoms with van der Waals surface area (Å²) >= 11 is 3.24. The molecule has 1 saturated heterocycles. The summed E-state index contributed by atoms with van der Waals surface area (Å²) in [6, 6.07) is 4.57. The second kappa shape index (κ2) is 7.02. The summed E-state index contributed by atoms with van der Waals surface area (Å²) in [4.78, 5) is 23.3. The number of amides is 1. The molecule has 1 aliphatic heterocycles. The molecule has 2 atom stereocenters. The Bertz CT molecular complexity index is 550. The molecule has 0 spiro atoms. The van der Waals surface area contributed by atoms with E-state index < -0.39 is 5.97 Å². The van der Waals surface area contributed by atoms with E-state index >= 15 is 0 Å². The lowest BCUT2D eigenvalue weighted by molar-refractivity contribution is -0.120. The predicted molar refractivity (Wildman–Crippen MR) is 81.5 cm³/mol. The Labute approximate surface area is 131 Å². The Morgan fingerprint density at radius 2 is 2.14 bits per heavy atom. The van der Waals surface area contributed by atoms with Gasteiger partial charge in [0.2, 0.25) is 5.91 Å². The van der Waals surface area contributed by atoms with E-state index in [1.807, 2.05) is 6.92 Å². The maximum atomic E-state index is 12.3. The maximum absolute atomic E-state index is 12.3. The number of carbonyl (C=O) groups is 2.